The van der Waals surface area contributed by atoms with E-state index in [4.69, 9.17) is 4.74 Å². The van der Waals surface area contributed by atoms with E-state index in [2.05, 4.69) is 62.3 Å². The number of ether oxygens (including phenoxy) is 1. The first-order chi connectivity index (χ1) is 11.1. The molecule has 1 aromatic carbocycles. The van der Waals surface area contributed by atoms with Crippen molar-refractivity contribution in [1.82, 2.24) is 4.90 Å². The highest BCUT2D eigenvalue weighted by Gasteiger charge is 2.69. The molecule has 2 fully saturated rings. The first-order valence-corrected chi connectivity index (χ1v) is 9.23. The predicted molar refractivity (Wildman–Crippen MR) is 94.3 cm³/mol. The molecule has 4 rings (SSSR count). The highest BCUT2D eigenvalue weighted by molar-refractivity contribution is 5.44. The molecule has 1 aromatic rings. The van der Waals surface area contributed by atoms with Crippen LogP contribution < -0.4 is 0 Å². The summed E-state index contributed by atoms with van der Waals surface area (Å²) < 4.78 is 6.19. The average molecular weight is 311 g/mol. The Morgan fingerprint density at radius 1 is 1.17 bits per heavy atom. The lowest BCUT2D eigenvalue weighted by atomic mass is 9.67. The molecule has 2 bridgehead atoms. The Balaban J connectivity index is 1.86. The van der Waals surface area contributed by atoms with Crippen LogP contribution in [-0.4, -0.2) is 31.1 Å². The number of rotatable bonds is 4. The quantitative estimate of drug-likeness (QED) is 0.806. The van der Waals surface area contributed by atoms with Gasteiger partial charge in [0, 0.05) is 11.3 Å². The minimum atomic E-state index is 0.131. The number of hydrogen-bond acceptors (Lipinski definition) is 2. The summed E-state index contributed by atoms with van der Waals surface area (Å²) in [6.07, 6.45) is 9.15. The smallest absolute Gasteiger partial charge is 0.100 e. The summed E-state index contributed by atoms with van der Waals surface area (Å²) in [5.41, 5.74) is 1.92. The zero-order chi connectivity index (χ0) is 16.1. The van der Waals surface area contributed by atoms with Crippen LogP contribution in [0.3, 0.4) is 0 Å². The van der Waals surface area contributed by atoms with Crippen LogP contribution in [0.1, 0.15) is 50.5 Å². The normalized spacial score (nSPS) is 38.5. The molecule has 0 N–H and O–H groups in total. The van der Waals surface area contributed by atoms with Gasteiger partial charge in [0.25, 0.3) is 0 Å². The molecule has 2 saturated carbocycles. The summed E-state index contributed by atoms with van der Waals surface area (Å²) in [4.78, 5) is 2.49. The van der Waals surface area contributed by atoms with E-state index in [0.717, 1.165) is 6.61 Å². The molecule has 3 aliphatic rings. The fraction of sp³-hybridized carbons (Fsp3) is 0.619. The van der Waals surface area contributed by atoms with E-state index in [1.807, 2.05) is 0 Å². The van der Waals surface area contributed by atoms with Crippen LogP contribution in [-0.2, 0) is 4.74 Å². The Morgan fingerprint density at radius 2 is 1.96 bits per heavy atom. The summed E-state index contributed by atoms with van der Waals surface area (Å²) in [5.74, 6) is 2.61. The zero-order valence-electron chi connectivity index (χ0n) is 14.7. The number of likely N-dealkylation sites (N-methyl/N-ethyl adjacent to an activating group) is 1. The van der Waals surface area contributed by atoms with E-state index in [0.29, 0.717) is 17.3 Å². The van der Waals surface area contributed by atoms with Crippen molar-refractivity contribution in [3.63, 3.8) is 0 Å². The van der Waals surface area contributed by atoms with Crippen molar-refractivity contribution in [1.29, 1.82) is 0 Å². The summed E-state index contributed by atoms with van der Waals surface area (Å²) >= 11 is 0. The maximum atomic E-state index is 6.19. The van der Waals surface area contributed by atoms with Crippen molar-refractivity contribution in [3.05, 3.63) is 47.7 Å². The minimum Gasteiger partial charge on any atom is -0.498 e. The van der Waals surface area contributed by atoms with Crippen molar-refractivity contribution in [2.24, 2.45) is 11.3 Å². The van der Waals surface area contributed by atoms with Gasteiger partial charge in [-0.25, -0.2) is 0 Å². The number of allylic oxidation sites excluding steroid dienone is 1. The molecule has 0 heterocycles. The summed E-state index contributed by atoms with van der Waals surface area (Å²) in [7, 11) is 4.54. The van der Waals surface area contributed by atoms with Gasteiger partial charge in [0.05, 0.1) is 12.1 Å². The first kappa shape index (κ1) is 15.3. The monoisotopic (exact) mass is 311 g/mol. The molecule has 0 aromatic heterocycles. The van der Waals surface area contributed by atoms with Crippen LogP contribution in [0.2, 0.25) is 0 Å². The second-order valence-corrected chi connectivity index (χ2v) is 7.85. The molecule has 0 spiro atoms. The Kier molecular flexibility index (Phi) is 3.57. The molecule has 0 saturated heterocycles. The van der Waals surface area contributed by atoms with Crippen molar-refractivity contribution >= 4 is 0 Å². The fourth-order valence-corrected chi connectivity index (χ4v) is 6.04. The van der Waals surface area contributed by atoms with Gasteiger partial charge in [-0.3, -0.25) is 4.90 Å². The maximum absolute atomic E-state index is 6.19. The molecule has 2 nitrogen and oxygen atoms in total. The van der Waals surface area contributed by atoms with Gasteiger partial charge in [-0.1, -0.05) is 43.2 Å². The molecular formula is C21H29NO. The summed E-state index contributed by atoms with van der Waals surface area (Å²) in [6.45, 7) is 2.91. The molecule has 3 aliphatic carbocycles. The number of hydrogen-bond donors (Lipinski definition) is 0. The topological polar surface area (TPSA) is 12.5 Å². The highest BCUT2D eigenvalue weighted by Crippen LogP contribution is 2.71. The van der Waals surface area contributed by atoms with E-state index >= 15 is 0 Å². The molecule has 0 amide bonds. The van der Waals surface area contributed by atoms with Gasteiger partial charge >= 0.3 is 0 Å². The van der Waals surface area contributed by atoms with Gasteiger partial charge in [0.15, 0.2) is 0 Å². The lowest BCUT2D eigenvalue weighted by Crippen LogP contribution is -2.49. The maximum Gasteiger partial charge on any atom is 0.100 e. The van der Waals surface area contributed by atoms with E-state index in [1.165, 1.54) is 43.4 Å². The van der Waals surface area contributed by atoms with Crippen LogP contribution in [0.4, 0.5) is 0 Å². The SMILES string of the molecule is CCOC1=CC2(N(C)C)C(c3ccccc3)CC13CCCCC32. The molecule has 0 aliphatic heterocycles. The van der Waals surface area contributed by atoms with Crippen LogP contribution in [0.5, 0.6) is 0 Å². The van der Waals surface area contributed by atoms with Gasteiger partial charge in [-0.15, -0.1) is 0 Å². The van der Waals surface area contributed by atoms with Crippen molar-refractivity contribution in [2.45, 2.75) is 50.5 Å². The lowest BCUT2D eigenvalue weighted by Gasteiger charge is -2.44. The Morgan fingerprint density at radius 3 is 2.65 bits per heavy atom. The van der Waals surface area contributed by atoms with Crippen molar-refractivity contribution in [3.8, 4) is 0 Å². The van der Waals surface area contributed by atoms with Gasteiger partial charge in [-0.2, -0.15) is 0 Å². The molecule has 23 heavy (non-hydrogen) atoms. The number of benzene rings is 1. The minimum absolute atomic E-state index is 0.131. The van der Waals surface area contributed by atoms with E-state index in [1.54, 1.807) is 0 Å². The summed E-state index contributed by atoms with van der Waals surface area (Å²) in [6, 6.07) is 11.2. The third-order valence-corrected chi connectivity index (χ3v) is 6.85. The first-order valence-electron chi connectivity index (χ1n) is 9.23. The Hall–Kier alpha value is -1.28. The molecular weight excluding hydrogens is 282 g/mol. The molecule has 124 valence electrons. The van der Waals surface area contributed by atoms with Gasteiger partial charge in [0.2, 0.25) is 0 Å². The van der Waals surface area contributed by atoms with Crippen LogP contribution in [0, 0.1) is 11.3 Å². The molecule has 4 atom stereocenters. The molecule has 0 radical (unpaired) electrons. The third-order valence-electron chi connectivity index (χ3n) is 6.85. The lowest BCUT2D eigenvalue weighted by molar-refractivity contribution is 0.0570. The Bertz CT molecular complexity index is 608. The second kappa shape index (κ2) is 5.37. The van der Waals surface area contributed by atoms with Crippen molar-refractivity contribution in [2.75, 3.05) is 20.7 Å². The largest absolute Gasteiger partial charge is 0.498 e. The second-order valence-electron chi connectivity index (χ2n) is 7.85. The van der Waals surface area contributed by atoms with Crippen LogP contribution in [0.15, 0.2) is 42.2 Å². The van der Waals surface area contributed by atoms with Gasteiger partial charge < -0.3 is 4.74 Å². The zero-order valence-corrected chi connectivity index (χ0v) is 14.7. The fourth-order valence-electron chi connectivity index (χ4n) is 6.04. The molecule has 2 heteroatoms. The van der Waals surface area contributed by atoms with Crippen LogP contribution >= 0.6 is 0 Å². The Labute approximate surface area is 140 Å². The predicted octanol–water partition coefficient (Wildman–Crippen LogP) is 4.58. The van der Waals surface area contributed by atoms with E-state index < -0.39 is 0 Å². The summed E-state index contributed by atoms with van der Waals surface area (Å²) in [5, 5.41) is 0. The average Bonchev–Trinajstić information content (AvgIpc) is 3.03. The van der Waals surface area contributed by atoms with Gasteiger partial charge in [0.1, 0.15) is 5.76 Å². The standard InChI is InChI=1S/C21H29NO/c1-4-23-19-15-21(22(2)3)17(16-10-6-5-7-11-16)14-20(19)13-9-8-12-18(20)21/h5-7,10-11,15,17-18H,4,8-9,12-14H2,1-3H3. The molecule has 4 unspecified atom stereocenters. The van der Waals surface area contributed by atoms with E-state index in [9.17, 15) is 0 Å². The van der Waals surface area contributed by atoms with Crippen LogP contribution in [0.25, 0.3) is 0 Å². The van der Waals surface area contributed by atoms with Gasteiger partial charge in [-0.05, 0) is 57.8 Å². The van der Waals surface area contributed by atoms with Crippen molar-refractivity contribution < 1.29 is 4.74 Å². The highest BCUT2D eigenvalue weighted by atomic mass is 16.5. The third kappa shape index (κ3) is 1.91. The number of nitrogens with zero attached hydrogens (tertiary/aromatic N) is 1. The van der Waals surface area contributed by atoms with E-state index in [-0.39, 0.29) is 5.54 Å².